The van der Waals surface area contributed by atoms with Gasteiger partial charge in [-0.2, -0.15) is 0 Å². The number of hydrogen-bond acceptors (Lipinski definition) is 2. The fourth-order valence-electron chi connectivity index (χ4n) is 1.32. The quantitative estimate of drug-likeness (QED) is 0.820. The third kappa shape index (κ3) is 2.95. The number of nitrogens with one attached hydrogen (secondary N) is 1. The molecule has 2 N–H and O–H groups in total. The molecule has 16 heavy (non-hydrogen) atoms. The SMILES string of the molecule is CC=Cc1cc(C(=O)O)ccc1NC(C)=O. The van der Waals surface area contributed by atoms with Crippen molar-refractivity contribution in [2.45, 2.75) is 13.8 Å². The minimum Gasteiger partial charge on any atom is -0.478 e. The van der Waals surface area contributed by atoms with E-state index in [0.717, 1.165) is 0 Å². The van der Waals surface area contributed by atoms with E-state index >= 15 is 0 Å². The minimum atomic E-state index is -0.986. The smallest absolute Gasteiger partial charge is 0.335 e. The highest BCUT2D eigenvalue weighted by Gasteiger charge is 2.07. The number of carbonyl (C=O) groups excluding carboxylic acids is 1. The molecule has 0 aliphatic carbocycles. The number of carbonyl (C=O) groups is 2. The molecule has 1 amide bonds. The number of allylic oxidation sites excluding steroid dienone is 1. The standard InChI is InChI=1S/C12H13NO3/c1-3-4-9-7-10(12(15)16)5-6-11(9)13-8(2)14/h3-7H,1-2H3,(H,13,14)(H,15,16). The summed E-state index contributed by atoms with van der Waals surface area (Å²) in [6, 6.07) is 4.56. The van der Waals surface area contributed by atoms with Crippen molar-refractivity contribution in [3.8, 4) is 0 Å². The van der Waals surface area contributed by atoms with Gasteiger partial charge in [-0.25, -0.2) is 4.79 Å². The van der Waals surface area contributed by atoms with Crippen molar-refractivity contribution in [2.24, 2.45) is 0 Å². The Balaban J connectivity index is 3.18. The van der Waals surface area contributed by atoms with Gasteiger partial charge in [0.25, 0.3) is 0 Å². The van der Waals surface area contributed by atoms with Crippen LogP contribution in [0.5, 0.6) is 0 Å². The summed E-state index contributed by atoms with van der Waals surface area (Å²) >= 11 is 0. The number of hydrogen-bond donors (Lipinski definition) is 2. The number of rotatable bonds is 3. The van der Waals surface area contributed by atoms with E-state index in [2.05, 4.69) is 5.32 Å². The van der Waals surface area contributed by atoms with E-state index in [1.807, 2.05) is 6.92 Å². The zero-order valence-electron chi connectivity index (χ0n) is 9.15. The molecule has 0 atom stereocenters. The van der Waals surface area contributed by atoms with Crippen molar-refractivity contribution in [1.82, 2.24) is 0 Å². The van der Waals surface area contributed by atoms with Crippen LogP contribution in [-0.2, 0) is 4.79 Å². The maximum Gasteiger partial charge on any atom is 0.335 e. The zero-order chi connectivity index (χ0) is 12.1. The van der Waals surface area contributed by atoms with E-state index in [-0.39, 0.29) is 11.5 Å². The van der Waals surface area contributed by atoms with Gasteiger partial charge in [0.15, 0.2) is 0 Å². The van der Waals surface area contributed by atoms with Crippen LogP contribution in [-0.4, -0.2) is 17.0 Å². The third-order valence-corrected chi connectivity index (χ3v) is 1.96. The van der Waals surface area contributed by atoms with Crippen molar-refractivity contribution >= 4 is 23.6 Å². The number of carboxylic acid groups (broad SMARTS) is 1. The zero-order valence-corrected chi connectivity index (χ0v) is 9.15. The lowest BCUT2D eigenvalue weighted by Gasteiger charge is -2.07. The maximum atomic E-state index is 10.9. The topological polar surface area (TPSA) is 66.4 Å². The third-order valence-electron chi connectivity index (χ3n) is 1.96. The van der Waals surface area contributed by atoms with Gasteiger partial charge in [0, 0.05) is 12.6 Å². The summed E-state index contributed by atoms with van der Waals surface area (Å²) in [7, 11) is 0. The van der Waals surface area contributed by atoms with Crippen LogP contribution in [0.1, 0.15) is 29.8 Å². The summed E-state index contributed by atoms with van der Waals surface area (Å²) in [5.41, 5.74) is 1.48. The lowest BCUT2D eigenvalue weighted by atomic mass is 10.1. The molecule has 4 nitrogen and oxygen atoms in total. The number of aromatic carboxylic acids is 1. The molecular formula is C12H13NO3. The molecule has 0 fully saturated rings. The Bertz CT molecular complexity index is 450. The van der Waals surface area contributed by atoms with Gasteiger partial charge < -0.3 is 10.4 Å². The normalized spacial score (nSPS) is 10.4. The molecule has 1 aromatic rings. The molecule has 0 unspecified atom stereocenters. The van der Waals surface area contributed by atoms with Gasteiger partial charge in [-0.05, 0) is 30.7 Å². The minimum absolute atomic E-state index is 0.186. The monoisotopic (exact) mass is 219 g/mol. The maximum absolute atomic E-state index is 10.9. The summed E-state index contributed by atoms with van der Waals surface area (Å²) in [4.78, 5) is 21.7. The van der Waals surface area contributed by atoms with Crippen LogP contribution in [0.3, 0.4) is 0 Å². The molecule has 0 aliphatic heterocycles. The first-order valence-electron chi connectivity index (χ1n) is 4.82. The molecular weight excluding hydrogens is 206 g/mol. The number of amides is 1. The van der Waals surface area contributed by atoms with Crippen LogP contribution in [0, 0.1) is 0 Å². The van der Waals surface area contributed by atoms with E-state index in [1.165, 1.54) is 19.1 Å². The second-order valence-corrected chi connectivity index (χ2v) is 3.29. The van der Waals surface area contributed by atoms with Gasteiger partial charge in [0.1, 0.15) is 0 Å². The summed E-state index contributed by atoms with van der Waals surface area (Å²) in [5, 5.41) is 11.5. The first kappa shape index (κ1) is 12.0. The Morgan fingerprint density at radius 2 is 2.06 bits per heavy atom. The second-order valence-electron chi connectivity index (χ2n) is 3.29. The van der Waals surface area contributed by atoms with E-state index in [9.17, 15) is 9.59 Å². The van der Waals surface area contributed by atoms with E-state index in [4.69, 9.17) is 5.11 Å². The Labute approximate surface area is 93.6 Å². The fourth-order valence-corrected chi connectivity index (χ4v) is 1.32. The van der Waals surface area contributed by atoms with Crippen LogP contribution in [0.15, 0.2) is 24.3 Å². The number of carboxylic acids is 1. The van der Waals surface area contributed by atoms with Crippen molar-refractivity contribution < 1.29 is 14.7 Å². The molecule has 0 aromatic heterocycles. The van der Waals surface area contributed by atoms with Crippen molar-refractivity contribution in [3.05, 3.63) is 35.4 Å². The first-order valence-corrected chi connectivity index (χ1v) is 4.82. The summed E-state index contributed by atoms with van der Waals surface area (Å²) in [6.45, 7) is 3.23. The lowest BCUT2D eigenvalue weighted by Crippen LogP contribution is -2.08. The van der Waals surface area contributed by atoms with Crippen LogP contribution in [0.2, 0.25) is 0 Å². The second kappa shape index (κ2) is 5.11. The molecule has 4 heteroatoms. The van der Waals surface area contributed by atoms with E-state index in [0.29, 0.717) is 11.3 Å². The average Bonchev–Trinajstić information content (AvgIpc) is 2.20. The van der Waals surface area contributed by atoms with Crippen molar-refractivity contribution in [1.29, 1.82) is 0 Å². The Morgan fingerprint density at radius 1 is 1.38 bits per heavy atom. The molecule has 0 saturated carbocycles. The van der Waals surface area contributed by atoms with Crippen LogP contribution >= 0.6 is 0 Å². The predicted octanol–water partition coefficient (Wildman–Crippen LogP) is 2.38. The highest BCUT2D eigenvalue weighted by Crippen LogP contribution is 2.19. The van der Waals surface area contributed by atoms with Crippen LogP contribution in [0.25, 0.3) is 6.08 Å². The molecule has 0 saturated heterocycles. The molecule has 0 radical (unpaired) electrons. The van der Waals surface area contributed by atoms with Gasteiger partial charge in [-0.15, -0.1) is 0 Å². The largest absolute Gasteiger partial charge is 0.478 e. The van der Waals surface area contributed by atoms with Gasteiger partial charge >= 0.3 is 5.97 Å². The highest BCUT2D eigenvalue weighted by molar-refractivity contribution is 5.94. The molecule has 1 rings (SSSR count). The van der Waals surface area contributed by atoms with E-state index < -0.39 is 5.97 Å². The molecule has 0 aliphatic rings. The van der Waals surface area contributed by atoms with Crippen molar-refractivity contribution in [3.63, 3.8) is 0 Å². The van der Waals surface area contributed by atoms with E-state index in [1.54, 1.807) is 18.2 Å². The van der Waals surface area contributed by atoms with Crippen LogP contribution < -0.4 is 5.32 Å². The summed E-state index contributed by atoms with van der Waals surface area (Å²) in [5.74, 6) is -1.17. The van der Waals surface area contributed by atoms with Gasteiger partial charge in [0.2, 0.25) is 5.91 Å². The Kier molecular flexibility index (Phi) is 3.83. The molecule has 0 heterocycles. The molecule has 0 bridgehead atoms. The van der Waals surface area contributed by atoms with Crippen LogP contribution in [0.4, 0.5) is 5.69 Å². The fraction of sp³-hybridized carbons (Fsp3) is 0.167. The summed E-state index contributed by atoms with van der Waals surface area (Å²) < 4.78 is 0. The van der Waals surface area contributed by atoms with Gasteiger partial charge in [-0.1, -0.05) is 12.2 Å². The lowest BCUT2D eigenvalue weighted by molar-refractivity contribution is -0.114. The highest BCUT2D eigenvalue weighted by atomic mass is 16.4. The molecule has 0 spiro atoms. The van der Waals surface area contributed by atoms with Gasteiger partial charge in [0.05, 0.1) is 5.56 Å². The number of anilines is 1. The molecule has 1 aromatic carbocycles. The van der Waals surface area contributed by atoms with Crippen molar-refractivity contribution in [2.75, 3.05) is 5.32 Å². The first-order chi connectivity index (χ1) is 7.54. The Morgan fingerprint density at radius 3 is 2.56 bits per heavy atom. The van der Waals surface area contributed by atoms with Gasteiger partial charge in [-0.3, -0.25) is 4.79 Å². The molecule has 84 valence electrons. The number of benzene rings is 1. The predicted molar refractivity (Wildman–Crippen MR) is 62.4 cm³/mol. The Hall–Kier alpha value is -2.10. The average molecular weight is 219 g/mol. The summed E-state index contributed by atoms with van der Waals surface area (Å²) in [6.07, 6.45) is 3.53.